The zero-order valence-corrected chi connectivity index (χ0v) is 37.9. The maximum absolute atomic E-state index is 8.84. The van der Waals surface area contributed by atoms with Crippen LogP contribution in [0.25, 0.3) is 60.9 Å². The molecule has 0 N–H and O–H groups in total. The second-order valence-corrected chi connectivity index (χ2v) is 18.1. The number of para-hydroxylation sites is 4. The summed E-state index contributed by atoms with van der Waals surface area (Å²) in [6, 6.07) is 84.7. The van der Waals surface area contributed by atoms with Crippen molar-refractivity contribution in [1.82, 2.24) is 4.57 Å². The highest BCUT2D eigenvalue weighted by atomic mass is 15.1. The van der Waals surface area contributed by atoms with Gasteiger partial charge in [-0.25, -0.2) is 0 Å². The van der Waals surface area contributed by atoms with Crippen LogP contribution in [0.4, 0.5) is 34.1 Å². The first-order valence-corrected chi connectivity index (χ1v) is 23.8. The predicted octanol–water partition coefficient (Wildman–Crippen LogP) is 17.7. The number of hydrogen-bond donors (Lipinski definition) is 0. The molecule has 0 radical (unpaired) electrons. The smallest absolute Gasteiger partial charge is 0.0727 e. The Morgan fingerprint density at radius 2 is 0.757 bits per heavy atom. The number of anilines is 6. The summed E-state index contributed by atoms with van der Waals surface area (Å²) in [6.45, 7) is 0. The number of hydrogen-bond acceptors (Lipinski definition) is 2. The van der Waals surface area contributed by atoms with Crippen LogP contribution in [0.3, 0.4) is 0 Å². The Morgan fingerprint density at radius 1 is 0.314 bits per heavy atom. The summed E-state index contributed by atoms with van der Waals surface area (Å²) in [5.41, 5.74) is 18.8. The molecule has 0 amide bonds. The SMILES string of the molecule is [2H]c1c([2H])c([2H])c(-c2ccc(N(c3ccc4c(c3)C3(c5ccccc5-c5ccc(N(c6ccccc6)c6ccccc6)cc53)c3ccccc3-4)c3ccc4c5ccccc5n(-c5ccccc5)c4c3)cc2)c([2H])c1[2H]. The van der Waals surface area contributed by atoms with Crippen molar-refractivity contribution in [3.8, 4) is 39.1 Å². The van der Waals surface area contributed by atoms with Gasteiger partial charge in [-0.15, -0.1) is 0 Å². The lowest BCUT2D eigenvalue weighted by Gasteiger charge is -2.33. The van der Waals surface area contributed by atoms with Crippen molar-refractivity contribution in [2.45, 2.75) is 5.41 Å². The fourth-order valence-electron chi connectivity index (χ4n) is 11.6. The van der Waals surface area contributed by atoms with Crippen LogP contribution in [0.2, 0.25) is 0 Å². The molecule has 12 aromatic rings. The molecule has 328 valence electrons. The minimum atomic E-state index is -0.691. The van der Waals surface area contributed by atoms with E-state index < -0.39 is 11.5 Å². The summed E-state index contributed by atoms with van der Waals surface area (Å²) in [6.07, 6.45) is 0. The van der Waals surface area contributed by atoms with Crippen molar-refractivity contribution >= 4 is 55.9 Å². The summed E-state index contributed by atoms with van der Waals surface area (Å²) in [5, 5.41) is 2.29. The quantitative estimate of drug-likeness (QED) is 0.151. The zero-order chi connectivity index (χ0) is 50.5. The lowest BCUT2D eigenvalue weighted by molar-refractivity contribution is 0.793. The summed E-state index contributed by atoms with van der Waals surface area (Å²) in [4.78, 5) is 4.63. The van der Waals surface area contributed by atoms with E-state index in [0.717, 1.165) is 61.6 Å². The maximum Gasteiger partial charge on any atom is 0.0727 e. The van der Waals surface area contributed by atoms with Crippen molar-refractivity contribution in [2.24, 2.45) is 0 Å². The number of nitrogens with zero attached hydrogens (tertiary/aromatic N) is 3. The van der Waals surface area contributed by atoms with Crippen molar-refractivity contribution in [3.05, 3.63) is 295 Å². The van der Waals surface area contributed by atoms with E-state index >= 15 is 0 Å². The van der Waals surface area contributed by atoms with Gasteiger partial charge in [0.05, 0.1) is 23.3 Å². The fraction of sp³-hybridized carbons (Fsp3) is 0.0149. The minimum Gasteiger partial charge on any atom is -0.310 e. The van der Waals surface area contributed by atoms with Crippen LogP contribution < -0.4 is 9.80 Å². The maximum atomic E-state index is 8.84. The largest absolute Gasteiger partial charge is 0.310 e. The molecule has 2 aliphatic carbocycles. The average Bonchev–Trinajstić information content (AvgIpc) is 4.28. The fourth-order valence-corrected chi connectivity index (χ4v) is 11.6. The molecule has 1 unspecified atom stereocenters. The normalized spacial score (nSPS) is 15.1. The molecule has 0 fully saturated rings. The van der Waals surface area contributed by atoms with Gasteiger partial charge < -0.3 is 14.4 Å². The Morgan fingerprint density at radius 3 is 1.37 bits per heavy atom. The molecular weight excluding hydrogens is 847 g/mol. The van der Waals surface area contributed by atoms with Crippen LogP contribution in [-0.2, 0) is 5.41 Å². The second-order valence-electron chi connectivity index (χ2n) is 18.1. The van der Waals surface area contributed by atoms with E-state index in [2.05, 4.69) is 227 Å². The minimum absolute atomic E-state index is 0.168. The Labute approximate surface area is 415 Å². The van der Waals surface area contributed by atoms with Gasteiger partial charge in [-0.05, 0) is 147 Å². The molecule has 70 heavy (non-hydrogen) atoms. The van der Waals surface area contributed by atoms with E-state index in [9.17, 15) is 0 Å². The molecule has 3 heteroatoms. The first kappa shape index (κ1) is 35.0. The van der Waals surface area contributed by atoms with Crippen LogP contribution in [0.15, 0.2) is 273 Å². The average molecular weight is 897 g/mol. The molecule has 0 aliphatic heterocycles. The van der Waals surface area contributed by atoms with Gasteiger partial charge in [-0.2, -0.15) is 0 Å². The molecule has 11 aromatic carbocycles. The predicted molar refractivity (Wildman–Crippen MR) is 292 cm³/mol. The van der Waals surface area contributed by atoms with Gasteiger partial charge in [0.15, 0.2) is 0 Å². The molecule has 3 nitrogen and oxygen atoms in total. The van der Waals surface area contributed by atoms with E-state index in [1.807, 2.05) is 30.3 Å². The first-order valence-electron chi connectivity index (χ1n) is 26.3. The molecule has 1 aromatic heterocycles. The molecule has 0 bridgehead atoms. The number of benzene rings is 11. The summed E-state index contributed by atoms with van der Waals surface area (Å²) in [7, 11) is 0. The summed E-state index contributed by atoms with van der Waals surface area (Å²) < 4.78 is 45.2. The van der Waals surface area contributed by atoms with Gasteiger partial charge in [0.2, 0.25) is 0 Å². The van der Waals surface area contributed by atoms with Crippen molar-refractivity contribution in [1.29, 1.82) is 0 Å². The lowest BCUT2D eigenvalue weighted by Crippen LogP contribution is -2.26. The number of fused-ring (bicyclic) bond motifs is 13. The van der Waals surface area contributed by atoms with E-state index in [1.54, 1.807) is 0 Å². The Balaban J connectivity index is 1.02. The summed E-state index contributed by atoms with van der Waals surface area (Å²) >= 11 is 0. The second kappa shape index (κ2) is 16.0. The van der Waals surface area contributed by atoms with Crippen LogP contribution in [0, 0.1) is 0 Å². The molecule has 1 atom stereocenters. The highest BCUT2D eigenvalue weighted by molar-refractivity contribution is 6.10. The number of rotatable bonds is 8. The van der Waals surface area contributed by atoms with Crippen LogP contribution in [0.1, 0.15) is 29.1 Å². The standard InChI is InChI=1S/C67H45N3/c1-5-19-46(20-6-1)47-33-35-51(36-34-47)69(54-39-42-60-59-29-15-18-32-65(59)70(66(60)45-54)50-25-11-4-12-26-50)53-38-41-58-56-28-14-17-31-62(56)67(64(58)44-53)61-30-16-13-27-55(61)57-40-37-52(43-63(57)67)68(48-21-7-2-8-22-48)49-23-9-3-10-24-49/h1-45H/i1D,5D,6D,19D,20D. The molecule has 0 saturated carbocycles. The number of aromatic nitrogens is 1. The Kier molecular flexibility index (Phi) is 8.00. The highest BCUT2D eigenvalue weighted by Gasteiger charge is 2.52. The first-order chi connectivity index (χ1) is 36.8. The van der Waals surface area contributed by atoms with Crippen molar-refractivity contribution in [3.63, 3.8) is 0 Å². The topological polar surface area (TPSA) is 11.4 Å². The van der Waals surface area contributed by atoms with Gasteiger partial charge in [-0.3, -0.25) is 0 Å². The molecule has 1 heterocycles. The molecule has 0 saturated heterocycles. The van der Waals surface area contributed by atoms with Gasteiger partial charge in [0, 0.05) is 50.6 Å². The molecule has 2 aliphatic rings. The van der Waals surface area contributed by atoms with Gasteiger partial charge >= 0.3 is 0 Å². The van der Waals surface area contributed by atoms with Crippen LogP contribution in [-0.4, -0.2) is 4.57 Å². The van der Waals surface area contributed by atoms with Crippen molar-refractivity contribution < 1.29 is 6.85 Å². The highest BCUT2D eigenvalue weighted by Crippen LogP contribution is 2.64. The van der Waals surface area contributed by atoms with Crippen molar-refractivity contribution in [2.75, 3.05) is 9.80 Å². The third-order valence-electron chi connectivity index (χ3n) is 14.4. The monoisotopic (exact) mass is 896 g/mol. The third-order valence-corrected chi connectivity index (χ3v) is 14.4. The van der Waals surface area contributed by atoms with Gasteiger partial charge in [0.1, 0.15) is 0 Å². The Hall–Kier alpha value is -9.18. The molecule has 1 spiro atoms. The summed E-state index contributed by atoms with van der Waals surface area (Å²) in [5.74, 6) is 0. The van der Waals surface area contributed by atoms with Gasteiger partial charge in [0.25, 0.3) is 0 Å². The van der Waals surface area contributed by atoms with E-state index in [-0.39, 0.29) is 29.7 Å². The van der Waals surface area contributed by atoms with E-state index in [1.165, 1.54) is 44.5 Å². The zero-order valence-electron chi connectivity index (χ0n) is 42.9. The van der Waals surface area contributed by atoms with Crippen LogP contribution in [0.5, 0.6) is 0 Å². The Bertz CT molecular complexity index is 4170. The van der Waals surface area contributed by atoms with E-state index in [4.69, 9.17) is 6.85 Å². The molecular formula is C67H45N3. The van der Waals surface area contributed by atoms with Gasteiger partial charge in [-0.1, -0.05) is 182 Å². The van der Waals surface area contributed by atoms with E-state index in [0.29, 0.717) is 5.56 Å². The lowest BCUT2D eigenvalue weighted by atomic mass is 9.70. The third kappa shape index (κ3) is 6.01. The van der Waals surface area contributed by atoms with Crippen LogP contribution >= 0.6 is 0 Å². The molecule has 14 rings (SSSR count).